The lowest BCUT2D eigenvalue weighted by atomic mass is 10.0. The normalized spacial score (nSPS) is 17.8. The van der Waals surface area contributed by atoms with Crippen molar-refractivity contribution in [3.8, 4) is 5.88 Å². The molecule has 0 unspecified atom stereocenters. The molecule has 1 amide bonds. The second-order valence-electron chi connectivity index (χ2n) is 6.20. The minimum absolute atomic E-state index is 0.0169. The first kappa shape index (κ1) is 16.4. The van der Waals surface area contributed by atoms with Crippen LogP contribution in [-0.2, 0) is 11.2 Å². The fourth-order valence-corrected chi connectivity index (χ4v) is 3.11. The molecule has 7 nitrogen and oxygen atoms in total. The molecule has 1 fully saturated rings. The van der Waals surface area contributed by atoms with Gasteiger partial charge >= 0.3 is 0 Å². The van der Waals surface area contributed by atoms with Crippen LogP contribution in [0, 0.1) is 13.8 Å². The summed E-state index contributed by atoms with van der Waals surface area (Å²) in [6.45, 7) is 5.36. The van der Waals surface area contributed by atoms with Crippen molar-refractivity contribution in [1.82, 2.24) is 25.3 Å². The number of aromatic amines is 1. The highest BCUT2D eigenvalue weighted by molar-refractivity contribution is 5.76. The molecule has 1 aliphatic heterocycles. The van der Waals surface area contributed by atoms with E-state index in [-0.39, 0.29) is 12.0 Å². The number of ether oxygens (including phenoxy) is 1. The van der Waals surface area contributed by atoms with Gasteiger partial charge < -0.3 is 9.64 Å². The Hall–Kier alpha value is -2.44. The number of H-pyrrole nitrogens is 1. The lowest BCUT2D eigenvalue weighted by Crippen LogP contribution is -2.44. The fourth-order valence-electron chi connectivity index (χ4n) is 3.11. The van der Waals surface area contributed by atoms with Crippen LogP contribution < -0.4 is 4.74 Å². The largest absolute Gasteiger partial charge is 0.471 e. The van der Waals surface area contributed by atoms with Crippen LogP contribution in [0.2, 0.25) is 0 Å². The van der Waals surface area contributed by atoms with Crippen LogP contribution in [0.5, 0.6) is 5.88 Å². The molecule has 1 atom stereocenters. The number of hydrogen-bond acceptors (Lipinski definition) is 5. The summed E-state index contributed by atoms with van der Waals surface area (Å²) in [5.74, 6) is 0.684. The van der Waals surface area contributed by atoms with Crippen molar-refractivity contribution in [3.05, 3.63) is 35.3 Å². The molecule has 0 spiro atoms. The van der Waals surface area contributed by atoms with Gasteiger partial charge in [0.2, 0.25) is 11.8 Å². The Morgan fingerprint density at radius 3 is 3.04 bits per heavy atom. The number of aromatic nitrogens is 4. The molecule has 7 heteroatoms. The van der Waals surface area contributed by atoms with Crippen molar-refractivity contribution in [2.75, 3.05) is 13.1 Å². The van der Waals surface area contributed by atoms with E-state index in [1.54, 1.807) is 18.3 Å². The van der Waals surface area contributed by atoms with Crippen LogP contribution in [0.3, 0.4) is 0 Å². The first-order valence-electron chi connectivity index (χ1n) is 8.36. The van der Waals surface area contributed by atoms with E-state index < -0.39 is 0 Å². The number of aryl methyl sites for hydroxylation is 2. The molecule has 128 valence electrons. The van der Waals surface area contributed by atoms with Gasteiger partial charge in [-0.25, -0.2) is 0 Å². The summed E-state index contributed by atoms with van der Waals surface area (Å²) >= 11 is 0. The molecular weight excluding hydrogens is 306 g/mol. The van der Waals surface area contributed by atoms with Gasteiger partial charge in [-0.3, -0.25) is 9.89 Å². The van der Waals surface area contributed by atoms with Crippen molar-refractivity contribution in [2.45, 2.75) is 45.6 Å². The first-order valence-corrected chi connectivity index (χ1v) is 8.36. The number of carbonyl (C=O) groups excluding carboxylic acids is 1. The summed E-state index contributed by atoms with van der Waals surface area (Å²) < 4.78 is 5.84. The Bertz CT molecular complexity index is 666. The summed E-state index contributed by atoms with van der Waals surface area (Å²) in [5, 5.41) is 14.9. The average molecular weight is 329 g/mol. The van der Waals surface area contributed by atoms with Gasteiger partial charge in [0, 0.05) is 30.9 Å². The summed E-state index contributed by atoms with van der Waals surface area (Å²) in [6, 6.07) is 3.59. The minimum Gasteiger partial charge on any atom is -0.471 e. The summed E-state index contributed by atoms with van der Waals surface area (Å²) in [6.07, 6.45) is 4.69. The zero-order valence-corrected chi connectivity index (χ0v) is 14.2. The topological polar surface area (TPSA) is 84.0 Å². The maximum Gasteiger partial charge on any atom is 0.233 e. The maximum atomic E-state index is 12.5. The second kappa shape index (κ2) is 7.42. The highest BCUT2D eigenvalue weighted by Crippen LogP contribution is 2.18. The minimum atomic E-state index is -0.0169. The third-order valence-electron chi connectivity index (χ3n) is 4.44. The van der Waals surface area contributed by atoms with Crippen LogP contribution >= 0.6 is 0 Å². The maximum absolute atomic E-state index is 12.5. The third-order valence-corrected chi connectivity index (χ3v) is 4.44. The Balaban J connectivity index is 1.53. The van der Waals surface area contributed by atoms with E-state index in [1.165, 1.54) is 0 Å². The van der Waals surface area contributed by atoms with Gasteiger partial charge in [0.25, 0.3) is 0 Å². The smallest absolute Gasteiger partial charge is 0.233 e. The molecule has 0 bridgehead atoms. The first-order chi connectivity index (χ1) is 11.6. The highest BCUT2D eigenvalue weighted by Gasteiger charge is 2.25. The summed E-state index contributed by atoms with van der Waals surface area (Å²) in [4.78, 5) is 14.4. The zero-order chi connectivity index (χ0) is 16.9. The number of carbonyl (C=O) groups is 1. The van der Waals surface area contributed by atoms with E-state index in [0.717, 1.165) is 42.8 Å². The quantitative estimate of drug-likeness (QED) is 0.904. The molecule has 0 aromatic carbocycles. The number of hydrogen-bond donors (Lipinski definition) is 1. The molecule has 0 aliphatic carbocycles. The van der Waals surface area contributed by atoms with Gasteiger partial charge in [0.15, 0.2) is 0 Å². The predicted octanol–water partition coefficient (Wildman–Crippen LogP) is 1.82. The second-order valence-corrected chi connectivity index (χ2v) is 6.20. The average Bonchev–Trinajstić information content (AvgIpc) is 2.92. The van der Waals surface area contributed by atoms with E-state index in [2.05, 4.69) is 20.4 Å². The summed E-state index contributed by atoms with van der Waals surface area (Å²) in [5.41, 5.74) is 3.17. The highest BCUT2D eigenvalue weighted by atomic mass is 16.5. The van der Waals surface area contributed by atoms with Crippen LogP contribution in [-0.4, -0.2) is 50.4 Å². The molecule has 3 heterocycles. The van der Waals surface area contributed by atoms with Crippen molar-refractivity contribution in [1.29, 1.82) is 0 Å². The molecule has 1 saturated heterocycles. The molecule has 0 saturated carbocycles. The Morgan fingerprint density at radius 1 is 1.46 bits per heavy atom. The van der Waals surface area contributed by atoms with Crippen molar-refractivity contribution in [2.24, 2.45) is 0 Å². The number of likely N-dealkylation sites (tertiary alicyclic amines) is 1. The zero-order valence-electron chi connectivity index (χ0n) is 14.2. The number of amides is 1. The Labute approximate surface area is 141 Å². The van der Waals surface area contributed by atoms with E-state index in [1.807, 2.05) is 18.7 Å². The number of rotatable bonds is 5. The molecule has 2 aromatic rings. The third kappa shape index (κ3) is 3.90. The Morgan fingerprint density at radius 2 is 2.33 bits per heavy atom. The molecule has 3 rings (SSSR count). The van der Waals surface area contributed by atoms with Crippen LogP contribution in [0.4, 0.5) is 0 Å². The molecule has 2 aromatic heterocycles. The van der Waals surface area contributed by atoms with E-state index >= 15 is 0 Å². The number of piperidine rings is 1. The van der Waals surface area contributed by atoms with Gasteiger partial charge in [0.05, 0.1) is 12.2 Å². The lowest BCUT2D eigenvalue weighted by molar-refractivity contribution is -0.133. The van der Waals surface area contributed by atoms with Crippen LogP contribution in [0.15, 0.2) is 18.3 Å². The molecule has 1 aliphatic rings. The van der Waals surface area contributed by atoms with Crippen molar-refractivity contribution in [3.63, 3.8) is 0 Å². The fraction of sp³-hybridized carbons (Fsp3) is 0.529. The Kier molecular flexibility index (Phi) is 5.08. The van der Waals surface area contributed by atoms with Crippen LogP contribution in [0.25, 0.3) is 0 Å². The lowest BCUT2D eigenvalue weighted by Gasteiger charge is -2.32. The molecule has 1 N–H and O–H groups in total. The van der Waals surface area contributed by atoms with Gasteiger partial charge in [0.1, 0.15) is 6.10 Å². The molecule has 0 radical (unpaired) electrons. The van der Waals surface area contributed by atoms with Gasteiger partial charge in [-0.15, -0.1) is 5.10 Å². The number of nitrogens with one attached hydrogen (secondary N) is 1. The molecular formula is C17H23N5O2. The van der Waals surface area contributed by atoms with Gasteiger partial charge in [-0.2, -0.15) is 10.2 Å². The van der Waals surface area contributed by atoms with Crippen molar-refractivity contribution < 1.29 is 9.53 Å². The van der Waals surface area contributed by atoms with Gasteiger partial charge in [-0.1, -0.05) is 0 Å². The van der Waals surface area contributed by atoms with Crippen LogP contribution in [0.1, 0.15) is 36.2 Å². The molecule has 24 heavy (non-hydrogen) atoms. The predicted molar refractivity (Wildman–Crippen MR) is 88.6 cm³/mol. The van der Waals surface area contributed by atoms with E-state index in [0.29, 0.717) is 18.8 Å². The van der Waals surface area contributed by atoms with Gasteiger partial charge in [-0.05, 0) is 44.7 Å². The summed E-state index contributed by atoms with van der Waals surface area (Å²) in [7, 11) is 0. The van der Waals surface area contributed by atoms with E-state index in [4.69, 9.17) is 4.74 Å². The van der Waals surface area contributed by atoms with Crippen molar-refractivity contribution >= 4 is 5.91 Å². The van der Waals surface area contributed by atoms with E-state index in [9.17, 15) is 4.79 Å². The standard InChI is InChI=1S/C17H23N5O2/c1-12-15(13(2)20-19-12)7-8-17(23)22-10-4-5-14(11-22)24-16-6-3-9-18-21-16/h3,6,9,14H,4-5,7-8,10-11H2,1-2H3,(H,19,20)/t14-/m1/s1. The monoisotopic (exact) mass is 329 g/mol. The number of nitrogens with zero attached hydrogens (tertiary/aromatic N) is 4. The SMILES string of the molecule is Cc1n[nH]c(C)c1CCC(=O)N1CCC[C@@H](Oc2cccnn2)C1.